The largest absolute Gasteiger partial charge is 0.347 e. The van der Waals surface area contributed by atoms with E-state index in [1.165, 1.54) is 6.92 Å². The topological polar surface area (TPSA) is 39.1 Å². The SMILES string of the molecule is CC(=O)c1c(C)c(C(=O)c2ccccc2)cn1C. The van der Waals surface area contributed by atoms with E-state index in [1.807, 2.05) is 25.1 Å². The molecule has 3 nitrogen and oxygen atoms in total. The van der Waals surface area contributed by atoms with Crippen LogP contribution in [0.4, 0.5) is 0 Å². The Kier molecular flexibility index (Phi) is 3.15. The molecule has 0 saturated carbocycles. The fourth-order valence-corrected chi connectivity index (χ4v) is 2.23. The Bertz CT molecular complexity index is 609. The normalized spacial score (nSPS) is 10.4. The second-order valence-electron chi connectivity index (χ2n) is 4.38. The maximum Gasteiger partial charge on any atom is 0.194 e. The minimum atomic E-state index is -0.0452. The summed E-state index contributed by atoms with van der Waals surface area (Å²) in [6, 6.07) is 9.09. The van der Waals surface area contributed by atoms with Gasteiger partial charge in [-0.05, 0) is 12.5 Å². The second-order valence-corrected chi connectivity index (χ2v) is 4.38. The second kappa shape index (κ2) is 4.61. The average molecular weight is 241 g/mol. The van der Waals surface area contributed by atoms with E-state index in [0.29, 0.717) is 16.8 Å². The Morgan fingerprint density at radius 1 is 1.11 bits per heavy atom. The highest BCUT2D eigenvalue weighted by molar-refractivity contribution is 6.11. The van der Waals surface area contributed by atoms with Crippen molar-refractivity contribution in [3.8, 4) is 0 Å². The van der Waals surface area contributed by atoms with E-state index >= 15 is 0 Å². The van der Waals surface area contributed by atoms with E-state index in [-0.39, 0.29) is 11.6 Å². The molecule has 0 radical (unpaired) electrons. The van der Waals surface area contributed by atoms with Crippen LogP contribution in [-0.4, -0.2) is 16.1 Å². The van der Waals surface area contributed by atoms with Crippen molar-refractivity contribution in [1.82, 2.24) is 4.57 Å². The molecule has 0 fully saturated rings. The van der Waals surface area contributed by atoms with Crippen LogP contribution in [0.3, 0.4) is 0 Å². The summed E-state index contributed by atoms with van der Waals surface area (Å²) >= 11 is 0. The third-order valence-electron chi connectivity index (χ3n) is 3.05. The van der Waals surface area contributed by atoms with Gasteiger partial charge in [-0.1, -0.05) is 30.3 Å². The van der Waals surface area contributed by atoms with Crippen molar-refractivity contribution in [2.75, 3.05) is 0 Å². The van der Waals surface area contributed by atoms with Crippen LogP contribution in [0.25, 0.3) is 0 Å². The highest BCUT2D eigenvalue weighted by atomic mass is 16.1. The van der Waals surface area contributed by atoms with Crippen LogP contribution in [0, 0.1) is 6.92 Å². The Labute approximate surface area is 106 Å². The molecule has 0 unspecified atom stereocenters. The number of aromatic nitrogens is 1. The number of benzene rings is 1. The molecule has 2 aromatic rings. The molecule has 2 rings (SSSR count). The summed E-state index contributed by atoms with van der Waals surface area (Å²) in [5.41, 5.74) is 2.57. The Balaban J connectivity index is 2.51. The molecule has 0 aliphatic carbocycles. The molecule has 0 N–H and O–H groups in total. The van der Waals surface area contributed by atoms with Crippen molar-refractivity contribution in [2.24, 2.45) is 7.05 Å². The monoisotopic (exact) mass is 241 g/mol. The molecule has 0 spiro atoms. The van der Waals surface area contributed by atoms with Gasteiger partial charge in [0.05, 0.1) is 5.69 Å². The fraction of sp³-hybridized carbons (Fsp3) is 0.200. The summed E-state index contributed by atoms with van der Waals surface area (Å²) in [6.45, 7) is 3.33. The smallest absolute Gasteiger partial charge is 0.194 e. The molecule has 0 aliphatic rings. The van der Waals surface area contributed by atoms with Crippen LogP contribution in [-0.2, 0) is 7.05 Å². The third kappa shape index (κ3) is 1.99. The minimum absolute atomic E-state index is 0.0258. The van der Waals surface area contributed by atoms with E-state index in [0.717, 1.165) is 5.56 Å². The van der Waals surface area contributed by atoms with E-state index in [4.69, 9.17) is 0 Å². The van der Waals surface area contributed by atoms with Crippen LogP contribution >= 0.6 is 0 Å². The van der Waals surface area contributed by atoms with Crippen molar-refractivity contribution in [3.05, 3.63) is 58.9 Å². The number of Topliss-reactive ketones (excluding diaryl/α,β-unsaturated/α-hetero) is 1. The van der Waals surface area contributed by atoms with Crippen LogP contribution in [0.15, 0.2) is 36.5 Å². The van der Waals surface area contributed by atoms with Gasteiger partial charge in [-0.25, -0.2) is 0 Å². The highest BCUT2D eigenvalue weighted by Gasteiger charge is 2.19. The lowest BCUT2D eigenvalue weighted by atomic mass is 10.0. The maximum atomic E-state index is 12.3. The molecule has 0 aliphatic heterocycles. The molecule has 1 aromatic heterocycles. The quantitative estimate of drug-likeness (QED) is 0.775. The molecule has 3 heteroatoms. The van der Waals surface area contributed by atoms with Gasteiger partial charge in [0, 0.05) is 31.3 Å². The zero-order valence-electron chi connectivity index (χ0n) is 10.7. The van der Waals surface area contributed by atoms with Gasteiger partial charge in [-0.15, -0.1) is 0 Å². The number of hydrogen-bond donors (Lipinski definition) is 0. The van der Waals surface area contributed by atoms with Gasteiger partial charge >= 0.3 is 0 Å². The number of hydrogen-bond acceptors (Lipinski definition) is 2. The summed E-state index contributed by atoms with van der Waals surface area (Å²) in [5, 5.41) is 0. The molecule has 0 atom stereocenters. The van der Waals surface area contributed by atoms with Crippen LogP contribution < -0.4 is 0 Å². The van der Waals surface area contributed by atoms with Gasteiger partial charge in [0.1, 0.15) is 0 Å². The molecule has 0 amide bonds. The molecular formula is C15H15NO2. The van der Waals surface area contributed by atoms with Crippen molar-refractivity contribution in [2.45, 2.75) is 13.8 Å². The lowest BCUT2D eigenvalue weighted by Gasteiger charge is -2.00. The van der Waals surface area contributed by atoms with Gasteiger partial charge in [0.25, 0.3) is 0 Å². The Morgan fingerprint density at radius 3 is 2.22 bits per heavy atom. The standard InChI is InChI=1S/C15H15NO2/c1-10-13(9-16(3)14(10)11(2)17)15(18)12-7-5-4-6-8-12/h4-9H,1-3H3. The van der Waals surface area contributed by atoms with Gasteiger partial charge in [0.2, 0.25) is 0 Å². The molecule has 1 heterocycles. The number of nitrogens with zero attached hydrogens (tertiary/aromatic N) is 1. The summed E-state index contributed by atoms with van der Waals surface area (Å²) < 4.78 is 1.72. The van der Waals surface area contributed by atoms with E-state index in [2.05, 4.69) is 0 Å². The molecule has 92 valence electrons. The first-order valence-corrected chi connectivity index (χ1v) is 5.79. The summed E-state index contributed by atoms with van der Waals surface area (Å²) in [4.78, 5) is 23.9. The van der Waals surface area contributed by atoms with Gasteiger partial charge in [-0.2, -0.15) is 0 Å². The van der Waals surface area contributed by atoms with Crippen molar-refractivity contribution in [3.63, 3.8) is 0 Å². The summed E-state index contributed by atoms with van der Waals surface area (Å²) in [5.74, 6) is -0.0710. The lowest BCUT2D eigenvalue weighted by molar-refractivity contribution is 0.100. The summed E-state index contributed by atoms with van der Waals surface area (Å²) in [7, 11) is 1.78. The molecule has 18 heavy (non-hydrogen) atoms. The van der Waals surface area contributed by atoms with E-state index < -0.39 is 0 Å². The van der Waals surface area contributed by atoms with Gasteiger partial charge in [0.15, 0.2) is 11.6 Å². The van der Waals surface area contributed by atoms with Crippen LogP contribution in [0.5, 0.6) is 0 Å². The predicted octanol–water partition coefficient (Wildman–Crippen LogP) is 2.77. The Morgan fingerprint density at radius 2 is 1.72 bits per heavy atom. The van der Waals surface area contributed by atoms with Gasteiger partial charge < -0.3 is 4.57 Å². The third-order valence-corrected chi connectivity index (χ3v) is 3.05. The number of rotatable bonds is 3. The number of aryl methyl sites for hydroxylation is 1. The average Bonchev–Trinajstić information content (AvgIpc) is 2.65. The first-order chi connectivity index (χ1) is 8.52. The van der Waals surface area contributed by atoms with Gasteiger partial charge in [-0.3, -0.25) is 9.59 Å². The van der Waals surface area contributed by atoms with E-state index in [9.17, 15) is 9.59 Å². The van der Waals surface area contributed by atoms with Crippen molar-refractivity contribution in [1.29, 1.82) is 0 Å². The first kappa shape index (κ1) is 12.3. The van der Waals surface area contributed by atoms with E-state index in [1.54, 1.807) is 29.9 Å². The maximum absolute atomic E-state index is 12.3. The molecule has 0 saturated heterocycles. The fourth-order valence-electron chi connectivity index (χ4n) is 2.23. The van der Waals surface area contributed by atoms with Crippen molar-refractivity contribution < 1.29 is 9.59 Å². The number of carbonyl (C=O) groups excluding carboxylic acids is 2. The number of carbonyl (C=O) groups is 2. The molecular weight excluding hydrogens is 226 g/mol. The highest BCUT2D eigenvalue weighted by Crippen LogP contribution is 2.19. The first-order valence-electron chi connectivity index (χ1n) is 5.79. The predicted molar refractivity (Wildman–Crippen MR) is 70.0 cm³/mol. The van der Waals surface area contributed by atoms with Crippen LogP contribution in [0.2, 0.25) is 0 Å². The lowest BCUT2D eigenvalue weighted by Crippen LogP contribution is -2.03. The minimum Gasteiger partial charge on any atom is -0.347 e. The van der Waals surface area contributed by atoms with Crippen LogP contribution in [0.1, 0.15) is 38.9 Å². The zero-order chi connectivity index (χ0) is 13.3. The van der Waals surface area contributed by atoms with Crippen molar-refractivity contribution >= 4 is 11.6 Å². The summed E-state index contributed by atoms with van der Waals surface area (Å²) in [6.07, 6.45) is 1.72. The molecule has 0 bridgehead atoms. The number of ketones is 2. The molecule has 1 aromatic carbocycles. The Hall–Kier alpha value is -2.16. The zero-order valence-corrected chi connectivity index (χ0v) is 10.7.